The molecule has 1 unspecified atom stereocenters. The summed E-state index contributed by atoms with van der Waals surface area (Å²) in [5, 5.41) is 9.88. The largest absolute Gasteiger partial charge is 0.493 e. The van der Waals surface area contributed by atoms with Gasteiger partial charge >= 0.3 is 5.97 Å². The number of aliphatic carboxylic acids is 1. The number of benzene rings is 3. The lowest BCUT2D eigenvalue weighted by Gasteiger charge is -2.20. The third-order valence-corrected chi connectivity index (χ3v) is 6.88. The average Bonchev–Trinajstić information content (AvgIpc) is 2.98. The standard InChI is InChI=1S/C23H18O5S/c24-23(25)21-18-13-7-8-14-20(18)29(26,27)22(21)19(16-9-3-1-4-10-16)15-28-17-11-5-2-6-12-17/h1-14,19H,15H2,(H,24,25). The zero-order chi connectivity index (χ0) is 20.4. The first kappa shape index (κ1) is 19.0. The van der Waals surface area contributed by atoms with Gasteiger partial charge in [-0.1, -0.05) is 66.7 Å². The van der Waals surface area contributed by atoms with Gasteiger partial charge in [0.25, 0.3) is 0 Å². The number of sulfone groups is 1. The summed E-state index contributed by atoms with van der Waals surface area (Å²) >= 11 is 0. The summed E-state index contributed by atoms with van der Waals surface area (Å²) in [5.74, 6) is -1.45. The van der Waals surface area contributed by atoms with E-state index in [1.54, 1.807) is 48.5 Å². The molecule has 3 aromatic carbocycles. The normalized spacial score (nSPS) is 15.6. The van der Waals surface area contributed by atoms with Crippen LogP contribution in [0.5, 0.6) is 5.75 Å². The molecule has 1 heterocycles. The Balaban J connectivity index is 1.87. The number of ether oxygens (including phenoxy) is 1. The van der Waals surface area contributed by atoms with E-state index >= 15 is 0 Å². The number of carboxylic acids is 1. The summed E-state index contributed by atoms with van der Waals surface area (Å²) in [6.07, 6.45) is 0. The molecular formula is C23H18O5S. The van der Waals surface area contributed by atoms with Crippen molar-refractivity contribution < 1.29 is 23.1 Å². The highest BCUT2D eigenvalue weighted by atomic mass is 32.2. The molecule has 146 valence electrons. The number of hydrogen-bond donors (Lipinski definition) is 1. The molecule has 5 nitrogen and oxygen atoms in total. The van der Waals surface area contributed by atoms with Crippen LogP contribution in [0.15, 0.2) is 94.7 Å². The predicted octanol–water partition coefficient (Wildman–Crippen LogP) is 4.13. The molecule has 6 heteroatoms. The maximum atomic E-state index is 13.3. The minimum Gasteiger partial charge on any atom is -0.493 e. The fraction of sp³-hybridized carbons (Fsp3) is 0.0870. The summed E-state index contributed by atoms with van der Waals surface area (Å²) in [4.78, 5) is 12.0. The minimum absolute atomic E-state index is 0.00659. The van der Waals surface area contributed by atoms with Gasteiger partial charge in [-0.25, -0.2) is 13.2 Å². The maximum Gasteiger partial charge on any atom is 0.337 e. The van der Waals surface area contributed by atoms with Gasteiger partial charge < -0.3 is 9.84 Å². The molecule has 0 saturated carbocycles. The molecule has 1 aliphatic rings. The number of rotatable bonds is 6. The van der Waals surface area contributed by atoms with Crippen LogP contribution < -0.4 is 4.74 Å². The molecule has 1 aliphatic heterocycles. The van der Waals surface area contributed by atoms with Gasteiger partial charge in [0, 0.05) is 5.56 Å². The topological polar surface area (TPSA) is 80.7 Å². The number of fused-ring (bicyclic) bond motifs is 1. The second kappa shape index (κ2) is 7.56. The van der Waals surface area contributed by atoms with Crippen LogP contribution in [0.1, 0.15) is 17.0 Å². The second-order valence-electron chi connectivity index (χ2n) is 6.63. The van der Waals surface area contributed by atoms with Crippen molar-refractivity contribution in [3.63, 3.8) is 0 Å². The van der Waals surface area contributed by atoms with Crippen molar-refractivity contribution >= 4 is 21.4 Å². The molecule has 0 spiro atoms. The molecule has 0 bridgehead atoms. The van der Waals surface area contributed by atoms with Crippen LogP contribution in [-0.2, 0) is 14.6 Å². The van der Waals surface area contributed by atoms with Gasteiger partial charge in [-0.2, -0.15) is 0 Å². The Labute approximate surface area is 168 Å². The highest BCUT2D eigenvalue weighted by Gasteiger charge is 2.43. The van der Waals surface area contributed by atoms with E-state index < -0.39 is 21.7 Å². The molecule has 0 saturated heterocycles. The number of carboxylic acid groups (broad SMARTS) is 1. The van der Waals surface area contributed by atoms with E-state index in [-0.39, 0.29) is 27.5 Å². The van der Waals surface area contributed by atoms with Crippen LogP contribution in [0, 0.1) is 0 Å². The Kier molecular flexibility index (Phi) is 4.94. The van der Waals surface area contributed by atoms with E-state index in [0.29, 0.717) is 11.3 Å². The molecule has 1 N–H and O–H groups in total. The first-order valence-electron chi connectivity index (χ1n) is 9.05. The van der Waals surface area contributed by atoms with Gasteiger partial charge in [-0.05, 0) is 23.8 Å². The molecule has 0 fully saturated rings. The predicted molar refractivity (Wildman–Crippen MR) is 109 cm³/mol. The SMILES string of the molecule is O=C(O)C1=C(C(COc2ccccc2)c2ccccc2)S(=O)(=O)c2ccccc21. The first-order chi connectivity index (χ1) is 14.0. The van der Waals surface area contributed by atoms with E-state index in [1.807, 2.05) is 24.3 Å². The smallest absolute Gasteiger partial charge is 0.337 e. The molecular weight excluding hydrogens is 388 g/mol. The monoisotopic (exact) mass is 406 g/mol. The molecule has 29 heavy (non-hydrogen) atoms. The lowest BCUT2D eigenvalue weighted by atomic mass is 9.94. The van der Waals surface area contributed by atoms with Crippen molar-refractivity contribution in [3.8, 4) is 5.75 Å². The van der Waals surface area contributed by atoms with Crippen LogP contribution in [0.3, 0.4) is 0 Å². The zero-order valence-electron chi connectivity index (χ0n) is 15.4. The highest BCUT2D eigenvalue weighted by molar-refractivity contribution is 7.96. The van der Waals surface area contributed by atoms with Gasteiger partial charge in [0.05, 0.1) is 27.9 Å². The first-order valence-corrected chi connectivity index (χ1v) is 10.5. The minimum atomic E-state index is -3.97. The lowest BCUT2D eigenvalue weighted by molar-refractivity contribution is -0.130. The third-order valence-electron chi connectivity index (χ3n) is 4.87. The van der Waals surface area contributed by atoms with Crippen molar-refractivity contribution in [2.75, 3.05) is 6.61 Å². The van der Waals surface area contributed by atoms with Crippen molar-refractivity contribution in [1.82, 2.24) is 0 Å². The summed E-state index contributed by atoms with van der Waals surface area (Å²) in [5.41, 5.74) is 0.704. The maximum absolute atomic E-state index is 13.3. The Bertz CT molecular complexity index is 1180. The Morgan fingerprint density at radius 2 is 1.45 bits per heavy atom. The Morgan fingerprint density at radius 3 is 2.10 bits per heavy atom. The number of hydrogen-bond acceptors (Lipinski definition) is 4. The van der Waals surface area contributed by atoms with Gasteiger partial charge in [0.2, 0.25) is 9.84 Å². The van der Waals surface area contributed by atoms with Gasteiger partial charge in [0.1, 0.15) is 5.75 Å². The number of para-hydroxylation sites is 1. The van der Waals surface area contributed by atoms with Crippen LogP contribution in [0.25, 0.3) is 5.57 Å². The van der Waals surface area contributed by atoms with Crippen molar-refractivity contribution in [2.24, 2.45) is 0 Å². The molecule has 4 rings (SSSR count). The molecule has 0 aromatic heterocycles. The Morgan fingerprint density at radius 1 is 0.862 bits per heavy atom. The highest BCUT2D eigenvalue weighted by Crippen LogP contribution is 2.45. The third kappa shape index (κ3) is 3.43. The van der Waals surface area contributed by atoms with Crippen LogP contribution in [0.4, 0.5) is 0 Å². The lowest BCUT2D eigenvalue weighted by Crippen LogP contribution is -2.19. The Hall–Kier alpha value is -3.38. The summed E-state index contributed by atoms with van der Waals surface area (Å²) in [6, 6.07) is 24.2. The van der Waals surface area contributed by atoms with E-state index in [9.17, 15) is 18.3 Å². The van der Waals surface area contributed by atoms with Crippen molar-refractivity contribution in [2.45, 2.75) is 10.8 Å². The van der Waals surface area contributed by atoms with E-state index in [4.69, 9.17) is 4.74 Å². The number of carbonyl (C=O) groups is 1. The van der Waals surface area contributed by atoms with Gasteiger partial charge in [-0.15, -0.1) is 0 Å². The van der Waals surface area contributed by atoms with Crippen LogP contribution in [-0.4, -0.2) is 26.1 Å². The van der Waals surface area contributed by atoms with Crippen molar-refractivity contribution in [1.29, 1.82) is 0 Å². The molecule has 1 atom stereocenters. The summed E-state index contributed by atoms with van der Waals surface area (Å²) in [7, 11) is -3.97. The average molecular weight is 406 g/mol. The second-order valence-corrected chi connectivity index (χ2v) is 8.52. The molecule has 0 aliphatic carbocycles. The van der Waals surface area contributed by atoms with Crippen LogP contribution >= 0.6 is 0 Å². The van der Waals surface area contributed by atoms with Gasteiger partial charge in [0.15, 0.2) is 0 Å². The summed E-state index contributed by atoms with van der Waals surface area (Å²) < 4.78 is 32.6. The zero-order valence-corrected chi connectivity index (χ0v) is 16.2. The van der Waals surface area contributed by atoms with Gasteiger partial charge in [-0.3, -0.25) is 0 Å². The van der Waals surface area contributed by atoms with E-state index in [2.05, 4.69) is 0 Å². The fourth-order valence-corrected chi connectivity index (χ4v) is 5.58. The molecule has 0 amide bonds. The van der Waals surface area contributed by atoms with Crippen LogP contribution in [0.2, 0.25) is 0 Å². The molecule has 3 aromatic rings. The summed E-state index contributed by atoms with van der Waals surface area (Å²) in [6.45, 7) is -0.00659. The van der Waals surface area contributed by atoms with E-state index in [0.717, 1.165) is 0 Å². The van der Waals surface area contributed by atoms with E-state index in [1.165, 1.54) is 12.1 Å². The molecule has 0 radical (unpaired) electrons. The van der Waals surface area contributed by atoms with Crippen molar-refractivity contribution in [3.05, 3.63) is 101 Å². The fourth-order valence-electron chi connectivity index (χ4n) is 3.58. The quantitative estimate of drug-likeness (QED) is 0.666.